The van der Waals surface area contributed by atoms with Crippen molar-refractivity contribution in [2.24, 2.45) is 12.1 Å². The average molecular weight is 393 g/mol. The lowest BCUT2D eigenvalue weighted by molar-refractivity contribution is 0.0825. The van der Waals surface area contributed by atoms with Gasteiger partial charge in [-0.15, -0.1) is 0 Å². The van der Waals surface area contributed by atoms with Crippen LogP contribution in [0.4, 0.5) is 5.95 Å². The molecule has 1 atom stereocenters. The Hall–Kier alpha value is -2.95. The van der Waals surface area contributed by atoms with E-state index < -0.39 is 24.0 Å². The Kier molecular flexibility index (Phi) is 5.40. The maximum Gasteiger partial charge on any atom is 0.329 e. The quantitative estimate of drug-likeness (QED) is 0.341. The third kappa shape index (κ3) is 3.92. The first-order valence-corrected chi connectivity index (χ1v) is 8.31. The van der Waals surface area contributed by atoms with Gasteiger partial charge in [-0.1, -0.05) is 23.7 Å². The Morgan fingerprint density at radius 3 is 2.74 bits per heavy atom. The molecule has 0 radical (unpaired) electrons. The van der Waals surface area contributed by atoms with E-state index >= 15 is 0 Å². The van der Waals surface area contributed by atoms with E-state index in [9.17, 15) is 14.7 Å². The molecule has 0 amide bonds. The zero-order valence-corrected chi connectivity index (χ0v) is 15.0. The predicted molar refractivity (Wildman–Crippen MR) is 101 cm³/mol. The van der Waals surface area contributed by atoms with Crippen LogP contribution in [0.2, 0.25) is 5.02 Å². The SMILES string of the molecule is Cn1c(=O)[nH]c(=O)c2c1nc(NN=Cc1ccc(Cl)cc1)n2CC(O)CO. The van der Waals surface area contributed by atoms with E-state index in [2.05, 4.69) is 20.5 Å². The Bertz CT molecular complexity index is 1100. The molecule has 1 aromatic carbocycles. The van der Waals surface area contributed by atoms with Crippen molar-refractivity contribution in [3.05, 3.63) is 55.7 Å². The number of imidazole rings is 1. The van der Waals surface area contributed by atoms with Crippen LogP contribution >= 0.6 is 11.6 Å². The summed E-state index contributed by atoms with van der Waals surface area (Å²) in [5.41, 5.74) is 2.40. The molecule has 27 heavy (non-hydrogen) atoms. The van der Waals surface area contributed by atoms with Gasteiger partial charge in [-0.3, -0.25) is 14.3 Å². The van der Waals surface area contributed by atoms with Gasteiger partial charge in [0.05, 0.1) is 25.5 Å². The summed E-state index contributed by atoms with van der Waals surface area (Å²) in [6.07, 6.45) is 0.394. The molecule has 0 aliphatic heterocycles. The number of hydrogen-bond acceptors (Lipinski definition) is 7. The summed E-state index contributed by atoms with van der Waals surface area (Å²) in [6, 6.07) is 6.96. The number of nitrogens with zero attached hydrogens (tertiary/aromatic N) is 4. The monoisotopic (exact) mass is 392 g/mol. The van der Waals surface area contributed by atoms with Crippen LogP contribution in [0.5, 0.6) is 0 Å². The van der Waals surface area contributed by atoms with Gasteiger partial charge in [-0.25, -0.2) is 10.2 Å². The summed E-state index contributed by atoms with van der Waals surface area (Å²) >= 11 is 5.83. The number of nitrogens with one attached hydrogen (secondary N) is 2. The molecule has 1 unspecified atom stereocenters. The van der Waals surface area contributed by atoms with Crippen LogP contribution in [-0.2, 0) is 13.6 Å². The lowest BCUT2D eigenvalue weighted by Gasteiger charge is -2.11. The summed E-state index contributed by atoms with van der Waals surface area (Å²) in [5.74, 6) is 0.134. The van der Waals surface area contributed by atoms with Crippen molar-refractivity contribution in [3.8, 4) is 0 Å². The number of H-pyrrole nitrogens is 1. The number of hydrogen-bond donors (Lipinski definition) is 4. The summed E-state index contributed by atoms with van der Waals surface area (Å²) in [6.45, 7) is -0.621. The molecule has 0 aliphatic rings. The number of aryl methyl sites for hydroxylation is 1. The Morgan fingerprint density at radius 1 is 1.37 bits per heavy atom. The van der Waals surface area contributed by atoms with E-state index in [1.54, 1.807) is 24.3 Å². The lowest BCUT2D eigenvalue weighted by atomic mass is 10.2. The number of hydrazone groups is 1. The number of benzene rings is 1. The Balaban J connectivity index is 2.02. The van der Waals surface area contributed by atoms with Gasteiger partial charge in [-0.2, -0.15) is 10.1 Å². The number of fused-ring (bicyclic) bond motifs is 1. The molecule has 2 aromatic heterocycles. The Morgan fingerprint density at radius 2 is 2.07 bits per heavy atom. The first-order valence-electron chi connectivity index (χ1n) is 7.94. The van der Waals surface area contributed by atoms with Gasteiger partial charge in [0.2, 0.25) is 5.95 Å². The van der Waals surface area contributed by atoms with E-state index in [1.165, 1.54) is 22.4 Å². The van der Waals surface area contributed by atoms with Gasteiger partial charge >= 0.3 is 5.69 Å². The van der Waals surface area contributed by atoms with Crippen LogP contribution in [0.25, 0.3) is 11.2 Å². The standard InChI is InChI=1S/C16H17ClN6O4/c1-22-13-12(14(26)20-16(22)27)23(7-11(25)8-24)15(19-13)21-18-6-9-2-4-10(17)5-3-9/h2-6,11,24-25H,7-8H2,1H3,(H,19,21)(H,20,26,27). The normalized spacial score (nSPS) is 12.7. The van der Waals surface area contributed by atoms with Gasteiger partial charge in [0, 0.05) is 12.1 Å². The van der Waals surface area contributed by atoms with E-state index in [-0.39, 0.29) is 23.7 Å². The number of rotatable bonds is 6. The Labute approximate surface area is 157 Å². The van der Waals surface area contributed by atoms with Crippen LogP contribution in [0.1, 0.15) is 5.56 Å². The van der Waals surface area contributed by atoms with Gasteiger partial charge in [0.1, 0.15) is 0 Å². The zero-order valence-electron chi connectivity index (χ0n) is 14.3. The fraction of sp³-hybridized carbons (Fsp3) is 0.250. The van der Waals surface area contributed by atoms with Crippen LogP contribution < -0.4 is 16.7 Å². The molecule has 3 rings (SSSR count). The summed E-state index contributed by atoms with van der Waals surface area (Å²) in [7, 11) is 1.46. The molecule has 11 heteroatoms. The zero-order chi connectivity index (χ0) is 19.6. The second-order valence-corrected chi connectivity index (χ2v) is 6.23. The smallest absolute Gasteiger partial charge is 0.329 e. The maximum absolute atomic E-state index is 12.2. The molecule has 0 aliphatic carbocycles. The number of anilines is 1. The topological polar surface area (TPSA) is 138 Å². The third-order valence-corrected chi connectivity index (χ3v) is 4.11. The summed E-state index contributed by atoms with van der Waals surface area (Å²) in [4.78, 5) is 30.4. The first kappa shape index (κ1) is 18.8. The van der Waals surface area contributed by atoms with E-state index in [1.807, 2.05) is 0 Å². The number of aromatic amines is 1. The van der Waals surface area contributed by atoms with E-state index in [0.717, 1.165) is 5.56 Å². The third-order valence-electron chi connectivity index (χ3n) is 3.86. The largest absolute Gasteiger partial charge is 0.394 e. The number of halogens is 1. The highest BCUT2D eigenvalue weighted by Gasteiger charge is 2.19. The fourth-order valence-electron chi connectivity index (χ4n) is 2.48. The maximum atomic E-state index is 12.2. The summed E-state index contributed by atoms with van der Waals surface area (Å²) in [5, 5.41) is 23.6. The second kappa shape index (κ2) is 7.74. The van der Waals surface area contributed by atoms with Crippen molar-refractivity contribution in [3.63, 3.8) is 0 Å². The highest BCUT2D eigenvalue weighted by molar-refractivity contribution is 6.30. The van der Waals surface area contributed by atoms with E-state index in [4.69, 9.17) is 16.7 Å². The van der Waals surface area contributed by atoms with Crippen molar-refractivity contribution in [1.29, 1.82) is 0 Å². The molecule has 10 nitrogen and oxygen atoms in total. The molecule has 0 bridgehead atoms. The predicted octanol–water partition coefficient (Wildman–Crippen LogP) is -0.124. The van der Waals surface area contributed by atoms with Crippen LogP contribution in [0.3, 0.4) is 0 Å². The van der Waals surface area contributed by atoms with Crippen LogP contribution in [0, 0.1) is 0 Å². The van der Waals surface area contributed by atoms with Crippen molar-refractivity contribution in [2.75, 3.05) is 12.0 Å². The molecule has 0 spiro atoms. The molecule has 142 valence electrons. The minimum absolute atomic E-state index is 0.0776. The molecule has 4 N–H and O–H groups in total. The van der Waals surface area contributed by atoms with Crippen molar-refractivity contribution < 1.29 is 10.2 Å². The first-order chi connectivity index (χ1) is 12.9. The average Bonchev–Trinajstić information content (AvgIpc) is 3.00. The number of aliphatic hydroxyl groups excluding tert-OH is 2. The van der Waals surface area contributed by atoms with Crippen molar-refractivity contribution >= 4 is 34.9 Å². The van der Waals surface area contributed by atoms with Crippen LogP contribution in [0.15, 0.2) is 39.0 Å². The highest BCUT2D eigenvalue weighted by atomic mass is 35.5. The molecular weight excluding hydrogens is 376 g/mol. The molecular formula is C16H17ClN6O4. The molecule has 0 saturated carbocycles. The van der Waals surface area contributed by atoms with Crippen molar-refractivity contribution in [2.45, 2.75) is 12.6 Å². The minimum Gasteiger partial charge on any atom is -0.394 e. The molecule has 3 aromatic rings. The number of aliphatic hydroxyl groups is 2. The van der Waals surface area contributed by atoms with Gasteiger partial charge in [0.25, 0.3) is 5.56 Å². The second-order valence-electron chi connectivity index (χ2n) is 5.79. The molecule has 0 fully saturated rings. The number of aromatic nitrogens is 4. The van der Waals surface area contributed by atoms with Gasteiger partial charge in [0.15, 0.2) is 11.2 Å². The molecule has 0 saturated heterocycles. The fourth-order valence-corrected chi connectivity index (χ4v) is 2.61. The molecule has 2 heterocycles. The van der Waals surface area contributed by atoms with Crippen molar-refractivity contribution in [1.82, 2.24) is 19.1 Å². The van der Waals surface area contributed by atoms with Gasteiger partial charge in [-0.05, 0) is 17.7 Å². The highest BCUT2D eigenvalue weighted by Crippen LogP contribution is 2.16. The van der Waals surface area contributed by atoms with E-state index in [0.29, 0.717) is 5.02 Å². The summed E-state index contributed by atoms with van der Waals surface area (Å²) < 4.78 is 2.53. The minimum atomic E-state index is -1.13. The van der Waals surface area contributed by atoms with Gasteiger partial charge < -0.3 is 14.8 Å². The van der Waals surface area contributed by atoms with Crippen LogP contribution in [-0.4, -0.2) is 48.2 Å². The lowest BCUT2D eigenvalue weighted by Crippen LogP contribution is -2.30.